The van der Waals surface area contributed by atoms with Crippen LogP contribution in [0.3, 0.4) is 0 Å². The van der Waals surface area contributed by atoms with E-state index >= 15 is 0 Å². The molecule has 96 valence electrons. The highest BCUT2D eigenvalue weighted by Gasteiger charge is 2.05. The van der Waals surface area contributed by atoms with Gasteiger partial charge in [0, 0.05) is 0 Å². The summed E-state index contributed by atoms with van der Waals surface area (Å²) in [6, 6.07) is 0. The maximum absolute atomic E-state index is 2.42. The first-order valence-electron chi connectivity index (χ1n) is 7.31. The lowest BCUT2D eigenvalue weighted by Gasteiger charge is -2.14. The molecule has 0 fully saturated rings. The van der Waals surface area contributed by atoms with E-state index in [2.05, 4.69) is 39.8 Å². The van der Waals surface area contributed by atoms with Crippen LogP contribution in [0, 0.1) is 11.8 Å². The van der Waals surface area contributed by atoms with E-state index in [1.165, 1.54) is 51.4 Å². The number of hydrogen-bond acceptors (Lipinski definition) is 0. The van der Waals surface area contributed by atoms with E-state index in [1.807, 2.05) is 0 Å². The summed E-state index contributed by atoms with van der Waals surface area (Å²) >= 11 is 0. The van der Waals surface area contributed by atoms with Crippen molar-refractivity contribution in [3.63, 3.8) is 0 Å². The summed E-state index contributed by atoms with van der Waals surface area (Å²) in [7, 11) is 0. The number of hydrogen-bond donors (Lipinski definition) is 0. The van der Waals surface area contributed by atoms with Crippen molar-refractivity contribution in [2.45, 2.75) is 79.1 Å². The van der Waals surface area contributed by atoms with Crippen LogP contribution in [-0.4, -0.2) is 0 Å². The lowest BCUT2D eigenvalue weighted by molar-refractivity contribution is 0.400. The monoisotopic (exact) mass is 224 g/mol. The standard InChI is InChI=1S/C16H32/c1-5-7-9-10-12-16(4)14-13-15(3)11-8-6-2/h6,8,15-16H,5,7,9-14H2,1-4H3. The SMILES string of the molecule is CC=CCC(C)CCC(C)CCCCCC. The Hall–Kier alpha value is -0.260. The van der Waals surface area contributed by atoms with Gasteiger partial charge in [0.2, 0.25) is 0 Å². The lowest BCUT2D eigenvalue weighted by Crippen LogP contribution is -2.00. The molecule has 2 unspecified atom stereocenters. The molecule has 0 bridgehead atoms. The maximum atomic E-state index is 2.42. The highest BCUT2D eigenvalue weighted by molar-refractivity contribution is 4.79. The van der Waals surface area contributed by atoms with Gasteiger partial charge < -0.3 is 0 Å². The summed E-state index contributed by atoms with van der Waals surface area (Å²) in [6.07, 6.45) is 15.7. The largest absolute Gasteiger partial charge is 0.0917 e. The Labute approximate surface area is 104 Å². The lowest BCUT2D eigenvalue weighted by atomic mass is 9.92. The first-order valence-corrected chi connectivity index (χ1v) is 7.31. The summed E-state index contributed by atoms with van der Waals surface area (Å²) in [5.41, 5.74) is 0. The summed E-state index contributed by atoms with van der Waals surface area (Å²) < 4.78 is 0. The predicted molar refractivity (Wildman–Crippen MR) is 75.8 cm³/mol. The van der Waals surface area contributed by atoms with Gasteiger partial charge in [0.1, 0.15) is 0 Å². The molecule has 0 aliphatic carbocycles. The topological polar surface area (TPSA) is 0 Å². The normalized spacial score (nSPS) is 15.5. The van der Waals surface area contributed by atoms with Gasteiger partial charge >= 0.3 is 0 Å². The van der Waals surface area contributed by atoms with Gasteiger partial charge in [0.25, 0.3) is 0 Å². The average Bonchev–Trinajstić information content (AvgIpc) is 2.29. The van der Waals surface area contributed by atoms with Crippen molar-refractivity contribution in [3.8, 4) is 0 Å². The molecular formula is C16H32. The molecule has 0 N–H and O–H groups in total. The minimum atomic E-state index is 0.870. The summed E-state index contributed by atoms with van der Waals surface area (Å²) in [5, 5.41) is 0. The van der Waals surface area contributed by atoms with Gasteiger partial charge in [0.05, 0.1) is 0 Å². The fourth-order valence-electron chi connectivity index (χ4n) is 2.12. The second kappa shape index (κ2) is 11.2. The maximum Gasteiger partial charge on any atom is -0.0325 e. The van der Waals surface area contributed by atoms with Gasteiger partial charge in [-0.15, -0.1) is 0 Å². The molecule has 0 heterocycles. The van der Waals surface area contributed by atoms with E-state index in [4.69, 9.17) is 0 Å². The van der Waals surface area contributed by atoms with Crippen LogP contribution >= 0.6 is 0 Å². The summed E-state index contributed by atoms with van der Waals surface area (Å²) in [5.74, 6) is 1.80. The van der Waals surface area contributed by atoms with Crippen LogP contribution < -0.4 is 0 Å². The highest BCUT2D eigenvalue weighted by Crippen LogP contribution is 2.20. The first kappa shape index (κ1) is 15.7. The van der Waals surface area contributed by atoms with Gasteiger partial charge in [0.15, 0.2) is 0 Å². The molecule has 0 aromatic carbocycles. The van der Waals surface area contributed by atoms with Gasteiger partial charge in [-0.3, -0.25) is 0 Å². The van der Waals surface area contributed by atoms with Crippen molar-refractivity contribution in [3.05, 3.63) is 12.2 Å². The molecule has 0 amide bonds. The summed E-state index contributed by atoms with van der Waals surface area (Å²) in [6.45, 7) is 9.20. The molecule has 0 aromatic heterocycles. The number of allylic oxidation sites excluding steroid dienone is 2. The van der Waals surface area contributed by atoms with Crippen molar-refractivity contribution in [1.29, 1.82) is 0 Å². The van der Waals surface area contributed by atoms with Crippen LogP contribution in [0.15, 0.2) is 12.2 Å². The smallest absolute Gasteiger partial charge is 0.0325 e. The fourth-order valence-corrected chi connectivity index (χ4v) is 2.12. The van der Waals surface area contributed by atoms with Crippen molar-refractivity contribution in [2.75, 3.05) is 0 Å². The zero-order valence-corrected chi connectivity index (χ0v) is 12.0. The molecule has 0 spiro atoms. The first-order chi connectivity index (χ1) is 7.70. The van der Waals surface area contributed by atoms with Crippen molar-refractivity contribution >= 4 is 0 Å². The molecule has 0 saturated heterocycles. The van der Waals surface area contributed by atoms with E-state index in [9.17, 15) is 0 Å². The van der Waals surface area contributed by atoms with Crippen LogP contribution in [0.5, 0.6) is 0 Å². The van der Waals surface area contributed by atoms with E-state index < -0.39 is 0 Å². The molecule has 2 atom stereocenters. The molecule has 0 rings (SSSR count). The van der Waals surface area contributed by atoms with Gasteiger partial charge in [-0.05, 0) is 25.2 Å². The quantitative estimate of drug-likeness (QED) is 0.316. The Morgan fingerprint density at radius 1 is 0.875 bits per heavy atom. The zero-order valence-electron chi connectivity index (χ0n) is 12.0. The van der Waals surface area contributed by atoms with E-state index in [-0.39, 0.29) is 0 Å². The average molecular weight is 224 g/mol. The van der Waals surface area contributed by atoms with Crippen molar-refractivity contribution in [1.82, 2.24) is 0 Å². The minimum absolute atomic E-state index is 0.870. The van der Waals surface area contributed by atoms with Crippen LogP contribution in [0.25, 0.3) is 0 Å². The van der Waals surface area contributed by atoms with Gasteiger partial charge in [-0.25, -0.2) is 0 Å². The highest BCUT2D eigenvalue weighted by atomic mass is 14.1. The molecule has 0 nitrogen and oxygen atoms in total. The Balaban J connectivity index is 3.38. The molecule has 0 radical (unpaired) electrons. The molecular weight excluding hydrogens is 192 g/mol. The van der Waals surface area contributed by atoms with E-state index in [0.717, 1.165) is 11.8 Å². The second-order valence-corrected chi connectivity index (χ2v) is 5.44. The van der Waals surface area contributed by atoms with Crippen LogP contribution in [0.4, 0.5) is 0 Å². The fraction of sp³-hybridized carbons (Fsp3) is 0.875. The molecule has 0 aliphatic rings. The van der Waals surface area contributed by atoms with E-state index in [1.54, 1.807) is 0 Å². The van der Waals surface area contributed by atoms with Gasteiger partial charge in [-0.1, -0.05) is 77.9 Å². The van der Waals surface area contributed by atoms with Crippen LogP contribution in [0.1, 0.15) is 79.1 Å². The molecule has 0 heteroatoms. The summed E-state index contributed by atoms with van der Waals surface area (Å²) in [4.78, 5) is 0. The molecule has 0 saturated carbocycles. The molecule has 16 heavy (non-hydrogen) atoms. The van der Waals surface area contributed by atoms with E-state index in [0.29, 0.717) is 0 Å². The third-order valence-corrected chi connectivity index (χ3v) is 3.48. The minimum Gasteiger partial charge on any atom is -0.0917 e. The Kier molecular flexibility index (Phi) is 11.0. The Morgan fingerprint density at radius 3 is 2.19 bits per heavy atom. The third kappa shape index (κ3) is 10.3. The predicted octanol–water partition coefficient (Wildman–Crippen LogP) is 5.98. The second-order valence-electron chi connectivity index (χ2n) is 5.44. The Bertz CT molecular complexity index is 157. The number of rotatable bonds is 10. The molecule has 0 aromatic rings. The Morgan fingerprint density at radius 2 is 1.56 bits per heavy atom. The zero-order chi connectivity index (χ0) is 12.2. The number of unbranched alkanes of at least 4 members (excludes halogenated alkanes) is 3. The third-order valence-electron chi connectivity index (χ3n) is 3.48. The van der Waals surface area contributed by atoms with Crippen LogP contribution in [-0.2, 0) is 0 Å². The van der Waals surface area contributed by atoms with Crippen molar-refractivity contribution in [2.24, 2.45) is 11.8 Å². The van der Waals surface area contributed by atoms with Gasteiger partial charge in [-0.2, -0.15) is 0 Å². The van der Waals surface area contributed by atoms with Crippen LogP contribution in [0.2, 0.25) is 0 Å². The molecule has 0 aliphatic heterocycles. The van der Waals surface area contributed by atoms with Crippen molar-refractivity contribution < 1.29 is 0 Å².